The summed E-state index contributed by atoms with van der Waals surface area (Å²) in [6.07, 6.45) is 3.30. The molecule has 0 unspecified atom stereocenters. The summed E-state index contributed by atoms with van der Waals surface area (Å²) in [5.41, 5.74) is 0. The molecule has 0 aliphatic carbocycles. The van der Waals surface area contributed by atoms with Crippen molar-refractivity contribution in [1.82, 2.24) is 10.2 Å². The number of piperazine rings is 1. The molecule has 3 nitrogen and oxygen atoms in total. The van der Waals surface area contributed by atoms with E-state index in [1.54, 1.807) is 0 Å². The molecule has 2 aliphatic rings. The summed E-state index contributed by atoms with van der Waals surface area (Å²) in [4.78, 5) is 13.8. The van der Waals surface area contributed by atoms with Gasteiger partial charge >= 0.3 is 0 Å². The standard InChI is InChI=1S/C9H16N2O/c1-2-7-6-11-5-3-4-8(11)9(12)10-7/h7-8H,2-6H2,1H3,(H,10,12)/t7-,8+/m0/s1. The maximum absolute atomic E-state index is 11.5. The van der Waals surface area contributed by atoms with Crippen molar-refractivity contribution >= 4 is 5.91 Å². The molecule has 0 aromatic heterocycles. The maximum atomic E-state index is 11.5. The molecule has 68 valence electrons. The molecular formula is C9H16N2O. The van der Waals surface area contributed by atoms with Crippen molar-refractivity contribution in [3.63, 3.8) is 0 Å². The van der Waals surface area contributed by atoms with Gasteiger partial charge in [0.1, 0.15) is 0 Å². The first-order valence-electron chi connectivity index (χ1n) is 4.85. The van der Waals surface area contributed by atoms with E-state index in [1.807, 2.05) is 0 Å². The number of hydrogen-bond acceptors (Lipinski definition) is 2. The van der Waals surface area contributed by atoms with E-state index in [1.165, 1.54) is 6.42 Å². The van der Waals surface area contributed by atoms with Crippen LogP contribution in [0.15, 0.2) is 0 Å². The summed E-state index contributed by atoms with van der Waals surface area (Å²) in [5.74, 6) is 0.255. The zero-order valence-electron chi connectivity index (χ0n) is 7.55. The minimum absolute atomic E-state index is 0.202. The molecule has 12 heavy (non-hydrogen) atoms. The van der Waals surface area contributed by atoms with E-state index in [4.69, 9.17) is 0 Å². The zero-order valence-corrected chi connectivity index (χ0v) is 7.55. The number of carbonyl (C=O) groups excluding carboxylic acids is 1. The molecule has 3 heteroatoms. The lowest BCUT2D eigenvalue weighted by atomic mass is 10.1. The molecule has 2 saturated heterocycles. The van der Waals surface area contributed by atoms with Gasteiger partial charge in [0.2, 0.25) is 5.91 Å². The topological polar surface area (TPSA) is 32.3 Å². The number of amides is 1. The van der Waals surface area contributed by atoms with Crippen LogP contribution in [0.25, 0.3) is 0 Å². The van der Waals surface area contributed by atoms with Crippen molar-refractivity contribution in [2.75, 3.05) is 13.1 Å². The average molecular weight is 168 g/mol. The van der Waals surface area contributed by atoms with Gasteiger partial charge in [-0.1, -0.05) is 6.92 Å². The third-order valence-corrected chi connectivity index (χ3v) is 2.96. The highest BCUT2D eigenvalue weighted by atomic mass is 16.2. The normalized spacial score (nSPS) is 36.2. The van der Waals surface area contributed by atoms with Gasteiger partial charge < -0.3 is 5.32 Å². The molecular weight excluding hydrogens is 152 g/mol. The molecule has 0 spiro atoms. The molecule has 2 fully saturated rings. The number of fused-ring (bicyclic) bond motifs is 1. The Balaban J connectivity index is 2.05. The van der Waals surface area contributed by atoms with Gasteiger partial charge in [-0.05, 0) is 25.8 Å². The molecule has 0 saturated carbocycles. The van der Waals surface area contributed by atoms with Gasteiger partial charge in [-0.2, -0.15) is 0 Å². The van der Waals surface area contributed by atoms with Crippen molar-refractivity contribution < 1.29 is 4.79 Å². The van der Waals surface area contributed by atoms with Crippen LogP contribution >= 0.6 is 0 Å². The number of carbonyl (C=O) groups is 1. The van der Waals surface area contributed by atoms with Crippen LogP contribution in [0.2, 0.25) is 0 Å². The number of nitrogens with zero attached hydrogens (tertiary/aromatic N) is 1. The highest BCUT2D eigenvalue weighted by Crippen LogP contribution is 2.21. The smallest absolute Gasteiger partial charge is 0.237 e. The first-order valence-corrected chi connectivity index (χ1v) is 4.85. The Morgan fingerprint density at radius 3 is 3.25 bits per heavy atom. The summed E-state index contributed by atoms with van der Waals surface area (Å²) in [6.45, 7) is 4.31. The van der Waals surface area contributed by atoms with Gasteiger partial charge in [-0.15, -0.1) is 0 Å². The van der Waals surface area contributed by atoms with E-state index in [2.05, 4.69) is 17.1 Å². The van der Waals surface area contributed by atoms with E-state index >= 15 is 0 Å². The third kappa shape index (κ3) is 1.22. The van der Waals surface area contributed by atoms with Crippen molar-refractivity contribution in [2.45, 2.75) is 38.3 Å². The second-order valence-corrected chi connectivity index (χ2v) is 3.77. The van der Waals surface area contributed by atoms with E-state index in [0.717, 1.165) is 25.9 Å². The number of rotatable bonds is 1. The minimum Gasteiger partial charge on any atom is -0.351 e. The lowest BCUT2D eigenvalue weighted by Gasteiger charge is -2.34. The molecule has 1 N–H and O–H groups in total. The van der Waals surface area contributed by atoms with Crippen LogP contribution in [-0.2, 0) is 4.79 Å². The SMILES string of the molecule is CC[C@H]1CN2CCC[C@@H]2C(=O)N1. The van der Waals surface area contributed by atoms with E-state index in [-0.39, 0.29) is 11.9 Å². The molecule has 1 amide bonds. The van der Waals surface area contributed by atoms with Gasteiger partial charge in [-0.3, -0.25) is 9.69 Å². The summed E-state index contributed by atoms with van der Waals surface area (Å²) >= 11 is 0. The second kappa shape index (κ2) is 3.05. The Bertz CT molecular complexity index is 193. The molecule has 0 radical (unpaired) electrons. The van der Waals surface area contributed by atoms with Crippen LogP contribution in [0.4, 0.5) is 0 Å². The minimum atomic E-state index is 0.202. The molecule has 0 aromatic rings. The third-order valence-electron chi connectivity index (χ3n) is 2.96. The largest absolute Gasteiger partial charge is 0.351 e. The Hall–Kier alpha value is -0.570. The Morgan fingerprint density at radius 1 is 1.67 bits per heavy atom. The van der Waals surface area contributed by atoms with Gasteiger partial charge in [-0.25, -0.2) is 0 Å². The van der Waals surface area contributed by atoms with E-state index < -0.39 is 0 Å². The lowest BCUT2D eigenvalue weighted by molar-refractivity contribution is -0.129. The quantitative estimate of drug-likeness (QED) is 0.613. The fourth-order valence-corrected chi connectivity index (χ4v) is 2.20. The van der Waals surface area contributed by atoms with Crippen LogP contribution < -0.4 is 5.32 Å². The average Bonchev–Trinajstić information content (AvgIpc) is 2.52. The summed E-state index contributed by atoms with van der Waals surface area (Å²) in [7, 11) is 0. The molecule has 2 atom stereocenters. The van der Waals surface area contributed by atoms with Crippen molar-refractivity contribution in [3.05, 3.63) is 0 Å². The first-order chi connectivity index (χ1) is 5.81. The molecule has 2 heterocycles. The Morgan fingerprint density at radius 2 is 2.50 bits per heavy atom. The van der Waals surface area contributed by atoms with Crippen LogP contribution in [0, 0.1) is 0 Å². The first kappa shape index (κ1) is 8.05. The zero-order chi connectivity index (χ0) is 8.55. The number of hydrogen-bond donors (Lipinski definition) is 1. The predicted octanol–water partition coefficient (Wildman–Crippen LogP) is 0.359. The lowest BCUT2D eigenvalue weighted by Crippen LogP contribution is -2.57. The van der Waals surface area contributed by atoms with Gasteiger partial charge in [0.25, 0.3) is 0 Å². The van der Waals surface area contributed by atoms with Crippen molar-refractivity contribution in [1.29, 1.82) is 0 Å². The van der Waals surface area contributed by atoms with Crippen molar-refractivity contribution in [3.8, 4) is 0 Å². The van der Waals surface area contributed by atoms with Gasteiger partial charge in [0.05, 0.1) is 6.04 Å². The Labute approximate surface area is 73.1 Å². The highest BCUT2D eigenvalue weighted by molar-refractivity contribution is 5.83. The molecule has 2 rings (SSSR count). The number of nitrogens with one attached hydrogen (secondary N) is 1. The molecule has 2 aliphatic heterocycles. The van der Waals surface area contributed by atoms with E-state index in [9.17, 15) is 4.79 Å². The van der Waals surface area contributed by atoms with Crippen LogP contribution in [0.3, 0.4) is 0 Å². The summed E-state index contributed by atoms with van der Waals surface area (Å²) in [5, 5.41) is 3.06. The summed E-state index contributed by atoms with van der Waals surface area (Å²) in [6, 6.07) is 0.597. The second-order valence-electron chi connectivity index (χ2n) is 3.77. The monoisotopic (exact) mass is 168 g/mol. The molecule has 0 aromatic carbocycles. The predicted molar refractivity (Wildman–Crippen MR) is 46.8 cm³/mol. The summed E-state index contributed by atoms with van der Waals surface area (Å²) < 4.78 is 0. The van der Waals surface area contributed by atoms with Gasteiger partial charge in [0.15, 0.2) is 0 Å². The van der Waals surface area contributed by atoms with Crippen LogP contribution in [0.1, 0.15) is 26.2 Å². The van der Waals surface area contributed by atoms with Crippen LogP contribution in [-0.4, -0.2) is 36.0 Å². The Kier molecular flexibility index (Phi) is 2.05. The van der Waals surface area contributed by atoms with Crippen molar-refractivity contribution in [2.24, 2.45) is 0 Å². The fraction of sp³-hybridized carbons (Fsp3) is 0.889. The molecule has 0 bridgehead atoms. The fourth-order valence-electron chi connectivity index (χ4n) is 2.20. The highest BCUT2D eigenvalue weighted by Gasteiger charge is 2.36. The maximum Gasteiger partial charge on any atom is 0.237 e. The van der Waals surface area contributed by atoms with E-state index in [0.29, 0.717) is 6.04 Å². The van der Waals surface area contributed by atoms with Gasteiger partial charge in [0, 0.05) is 12.6 Å². The van der Waals surface area contributed by atoms with Crippen LogP contribution in [0.5, 0.6) is 0 Å².